The third kappa shape index (κ3) is 3.99. The van der Waals surface area contributed by atoms with Crippen molar-refractivity contribution in [3.8, 4) is 5.88 Å². The molecule has 1 aromatic heterocycles. The van der Waals surface area contributed by atoms with Gasteiger partial charge in [-0.3, -0.25) is 9.59 Å². The van der Waals surface area contributed by atoms with E-state index in [2.05, 4.69) is 8.75 Å². The number of hydrogen-bond acceptors (Lipinski definition) is 7. The summed E-state index contributed by atoms with van der Waals surface area (Å²) in [7, 11) is 0. The largest absolute Gasteiger partial charge is 0.435 e. The number of Topliss-reactive ketones (excluding diaryl/α,β-unsaturated/α-hetero) is 1. The third-order valence-electron chi connectivity index (χ3n) is 3.05. The fourth-order valence-electron chi connectivity index (χ4n) is 1.93. The van der Waals surface area contributed by atoms with Crippen LogP contribution in [0.3, 0.4) is 0 Å². The summed E-state index contributed by atoms with van der Waals surface area (Å²) in [5.74, 6) is 0.107. The fourth-order valence-corrected chi connectivity index (χ4v) is 2.29. The normalized spacial score (nSPS) is 18.1. The Morgan fingerprint density at radius 2 is 2.26 bits per heavy atom. The van der Waals surface area contributed by atoms with E-state index in [1.165, 1.54) is 6.20 Å². The van der Waals surface area contributed by atoms with Crippen LogP contribution in [0.5, 0.6) is 5.88 Å². The smallest absolute Gasteiger partial charge is 0.312 e. The maximum atomic E-state index is 12.0. The van der Waals surface area contributed by atoms with E-state index in [4.69, 9.17) is 9.47 Å². The van der Waals surface area contributed by atoms with Crippen LogP contribution in [0.25, 0.3) is 0 Å². The Morgan fingerprint density at radius 3 is 2.84 bits per heavy atom. The predicted molar refractivity (Wildman–Crippen MR) is 67.7 cm³/mol. The van der Waals surface area contributed by atoms with Gasteiger partial charge in [0.05, 0.1) is 17.6 Å². The lowest BCUT2D eigenvalue weighted by Gasteiger charge is -2.22. The molecule has 104 valence electrons. The summed E-state index contributed by atoms with van der Waals surface area (Å²) in [4.78, 5) is 23.1. The maximum Gasteiger partial charge on any atom is 0.312 e. The second-order valence-corrected chi connectivity index (χ2v) is 5.01. The highest BCUT2D eigenvalue weighted by Gasteiger charge is 2.28. The number of carbonyl (C=O) groups excluding carboxylic acids is 2. The van der Waals surface area contributed by atoms with Crippen molar-refractivity contribution in [3.05, 3.63) is 6.20 Å². The quantitative estimate of drug-likeness (QED) is 0.607. The Hall–Kier alpha value is -1.50. The Morgan fingerprint density at radius 1 is 1.53 bits per heavy atom. The number of ether oxygens (including phenoxy) is 2. The summed E-state index contributed by atoms with van der Waals surface area (Å²) in [6.45, 7) is 1.86. The zero-order chi connectivity index (χ0) is 13.7. The molecule has 0 aliphatic heterocycles. The highest BCUT2D eigenvalue weighted by atomic mass is 32.1. The number of hydrogen-bond donors (Lipinski definition) is 0. The lowest BCUT2D eigenvalue weighted by molar-refractivity contribution is -0.170. The molecule has 1 heterocycles. The first-order valence-corrected chi connectivity index (χ1v) is 7.08. The van der Waals surface area contributed by atoms with Crippen LogP contribution >= 0.6 is 11.7 Å². The highest BCUT2D eigenvalue weighted by molar-refractivity contribution is 6.99. The van der Waals surface area contributed by atoms with Crippen LogP contribution in [-0.4, -0.2) is 26.8 Å². The molecule has 0 spiro atoms. The molecule has 1 saturated carbocycles. The van der Waals surface area contributed by atoms with Crippen molar-refractivity contribution >= 4 is 23.5 Å². The van der Waals surface area contributed by atoms with Gasteiger partial charge in [-0.05, 0) is 12.8 Å². The Bertz CT molecular complexity index is 425. The van der Waals surface area contributed by atoms with Crippen molar-refractivity contribution in [1.29, 1.82) is 0 Å². The predicted octanol–water partition coefficient (Wildman–Crippen LogP) is 1.96. The zero-order valence-corrected chi connectivity index (χ0v) is 11.5. The van der Waals surface area contributed by atoms with Crippen molar-refractivity contribution in [2.45, 2.75) is 45.3 Å². The zero-order valence-electron chi connectivity index (χ0n) is 10.7. The van der Waals surface area contributed by atoms with E-state index in [1.54, 1.807) is 0 Å². The van der Waals surface area contributed by atoms with E-state index < -0.39 is 6.29 Å². The molecule has 0 amide bonds. The van der Waals surface area contributed by atoms with E-state index in [1.807, 2.05) is 6.92 Å². The lowest BCUT2D eigenvalue weighted by Crippen LogP contribution is -2.30. The first kappa shape index (κ1) is 13.9. The summed E-state index contributed by atoms with van der Waals surface area (Å²) in [6, 6.07) is 0. The molecule has 0 aromatic carbocycles. The number of esters is 1. The molecule has 1 unspecified atom stereocenters. The van der Waals surface area contributed by atoms with Crippen LogP contribution in [0.4, 0.5) is 0 Å². The van der Waals surface area contributed by atoms with E-state index >= 15 is 0 Å². The second kappa shape index (κ2) is 6.60. The second-order valence-electron chi connectivity index (χ2n) is 4.45. The minimum Gasteiger partial charge on any atom is -0.435 e. The van der Waals surface area contributed by atoms with Crippen LogP contribution in [0.15, 0.2) is 6.20 Å². The highest BCUT2D eigenvalue weighted by Crippen LogP contribution is 2.23. The van der Waals surface area contributed by atoms with Crippen LogP contribution in [0, 0.1) is 5.92 Å². The van der Waals surface area contributed by atoms with Gasteiger partial charge in [-0.25, -0.2) is 0 Å². The van der Waals surface area contributed by atoms with Crippen LogP contribution in [0.1, 0.15) is 39.0 Å². The van der Waals surface area contributed by atoms with Crippen molar-refractivity contribution in [2.75, 3.05) is 0 Å². The SMILES string of the molecule is CCC(OC(=O)C1CCC(=O)CC1)Oc1cnsn1. The van der Waals surface area contributed by atoms with E-state index in [-0.39, 0.29) is 17.7 Å². The molecule has 19 heavy (non-hydrogen) atoms. The maximum absolute atomic E-state index is 12.0. The first-order chi connectivity index (χ1) is 9.19. The Balaban J connectivity index is 1.84. The van der Waals surface area contributed by atoms with Gasteiger partial charge in [0, 0.05) is 19.3 Å². The van der Waals surface area contributed by atoms with Gasteiger partial charge < -0.3 is 9.47 Å². The minimum atomic E-state index is -0.644. The molecule has 1 aliphatic carbocycles. The Kier molecular flexibility index (Phi) is 4.84. The number of ketones is 1. The molecule has 1 atom stereocenters. The van der Waals surface area contributed by atoms with Crippen LogP contribution in [-0.2, 0) is 14.3 Å². The minimum absolute atomic E-state index is 0.191. The number of rotatable bonds is 5. The fraction of sp³-hybridized carbons (Fsp3) is 0.667. The molecule has 6 nitrogen and oxygen atoms in total. The van der Waals surface area contributed by atoms with Crippen molar-refractivity contribution in [2.24, 2.45) is 5.92 Å². The van der Waals surface area contributed by atoms with Crippen LogP contribution < -0.4 is 4.74 Å². The molecule has 7 heteroatoms. The van der Waals surface area contributed by atoms with Gasteiger partial charge in [0.15, 0.2) is 0 Å². The third-order valence-corrected chi connectivity index (χ3v) is 3.51. The molecule has 1 aromatic rings. The molecule has 1 aliphatic rings. The van der Waals surface area contributed by atoms with Crippen LogP contribution in [0.2, 0.25) is 0 Å². The van der Waals surface area contributed by atoms with Gasteiger partial charge in [0.1, 0.15) is 12.0 Å². The summed E-state index contributed by atoms with van der Waals surface area (Å²) in [5.41, 5.74) is 0. The summed E-state index contributed by atoms with van der Waals surface area (Å²) in [5, 5.41) is 0. The van der Waals surface area contributed by atoms with E-state index in [9.17, 15) is 9.59 Å². The molecule has 0 bridgehead atoms. The number of carbonyl (C=O) groups is 2. The summed E-state index contributed by atoms with van der Waals surface area (Å²) < 4.78 is 18.4. The average Bonchev–Trinajstić information content (AvgIpc) is 2.91. The Labute approximate surface area is 115 Å². The standard InChI is InChI=1S/C12H16N2O4S/c1-2-11(17-10-7-13-19-14-10)18-12(16)8-3-5-9(15)6-4-8/h7-8,11H,2-6H2,1H3. The van der Waals surface area contributed by atoms with E-state index in [0.717, 1.165) is 11.7 Å². The van der Waals surface area contributed by atoms with Gasteiger partial charge in [0.25, 0.3) is 0 Å². The molecule has 0 N–H and O–H groups in total. The van der Waals surface area contributed by atoms with E-state index in [0.29, 0.717) is 38.0 Å². The lowest BCUT2D eigenvalue weighted by atomic mass is 9.88. The number of nitrogens with zero attached hydrogens (tertiary/aromatic N) is 2. The van der Waals surface area contributed by atoms with Crippen molar-refractivity contribution < 1.29 is 19.1 Å². The van der Waals surface area contributed by atoms with Crippen molar-refractivity contribution in [3.63, 3.8) is 0 Å². The molecular formula is C12H16N2O4S. The van der Waals surface area contributed by atoms with Gasteiger partial charge in [-0.2, -0.15) is 4.37 Å². The average molecular weight is 284 g/mol. The molecule has 0 saturated heterocycles. The monoisotopic (exact) mass is 284 g/mol. The topological polar surface area (TPSA) is 78.4 Å². The van der Waals surface area contributed by atoms with Crippen molar-refractivity contribution in [1.82, 2.24) is 8.75 Å². The first-order valence-electron chi connectivity index (χ1n) is 6.35. The summed E-state index contributed by atoms with van der Waals surface area (Å²) in [6.07, 6.45) is 3.46. The molecule has 1 fully saturated rings. The molecule has 2 rings (SSSR count). The van der Waals surface area contributed by atoms with Gasteiger partial charge in [-0.1, -0.05) is 6.92 Å². The summed E-state index contributed by atoms with van der Waals surface area (Å²) >= 11 is 1.04. The number of aromatic nitrogens is 2. The van der Waals surface area contributed by atoms with Gasteiger partial charge >= 0.3 is 5.97 Å². The van der Waals surface area contributed by atoms with Gasteiger partial charge in [0.2, 0.25) is 12.2 Å². The molecular weight excluding hydrogens is 268 g/mol. The van der Waals surface area contributed by atoms with Gasteiger partial charge in [-0.15, -0.1) is 4.37 Å². The molecule has 0 radical (unpaired) electrons.